The van der Waals surface area contributed by atoms with Crippen molar-refractivity contribution < 1.29 is 9.47 Å². The molecule has 0 bridgehead atoms. The van der Waals surface area contributed by atoms with E-state index in [1.165, 1.54) is 0 Å². The number of hydrogen-bond acceptors (Lipinski definition) is 5. The Hall–Kier alpha value is -4.13. The van der Waals surface area contributed by atoms with Crippen LogP contribution in [0.25, 0.3) is 33.4 Å². The average molecular weight is 512 g/mol. The molecular weight excluding hydrogens is 486 g/mol. The molecule has 0 aliphatic rings. The van der Waals surface area contributed by atoms with Gasteiger partial charge in [-0.1, -0.05) is 60.1 Å². The summed E-state index contributed by atoms with van der Waals surface area (Å²) in [7, 11) is 3.26. The Balaban J connectivity index is 1.63. The number of halogens is 1. The maximum Gasteiger partial charge on any atom is 0.262 e. The molecule has 0 spiro atoms. The van der Waals surface area contributed by atoms with E-state index in [0.717, 1.165) is 27.8 Å². The van der Waals surface area contributed by atoms with Crippen molar-refractivity contribution in [3.05, 3.63) is 111 Å². The lowest BCUT2D eigenvalue weighted by atomic mass is 10.0. The second-order valence-corrected chi connectivity index (χ2v) is 9.13. The van der Waals surface area contributed by atoms with E-state index in [1.807, 2.05) is 66.7 Å². The first kappa shape index (κ1) is 24.6. The van der Waals surface area contributed by atoms with Crippen LogP contribution in [0.1, 0.15) is 11.1 Å². The van der Waals surface area contributed by atoms with Crippen molar-refractivity contribution in [1.82, 2.24) is 9.55 Å². The molecule has 0 saturated heterocycles. The molecule has 186 valence electrons. The molecule has 6 nitrogen and oxygen atoms in total. The van der Waals surface area contributed by atoms with Crippen LogP contribution in [0.3, 0.4) is 0 Å². The minimum absolute atomic E-state index is 0.151. The number of hydrogen-bond donors (Lipinski definition) is 1. The molecule has 0 aliphatic carbocycles. The number of methoxy groups -OCH3 is 2. The summed E-state index contributed by atoms with van der Waals surface area (Å²) < 4.78 is 12.5. The highest BCUT2D eigenvalue weighted by molar-refractivity contribution is 6.31. The van der Waals surface area contributed by atoms with Crippen molar-refractivity contribution in [2.24, 2.45) is 5.73 Å². The normalized spacial score (nSPS) is 11.0. The second kappa shape index (κ2) is 10.5. The van der Waals surface area contributed by atoms with Crippen molar-refractivity contribution in [2.45, 2.75) is 13.1 Å². The van der Waals surface area contributed by atoms with Gasteiger partial charge < -0.3 is 15.2 Å². The standard InChI is InChI=1S/C30H26ClN3O3/c1-36-25-13-23(14-26(16-25)37-2)21-6-8-22(9-7-21)29-33-28-11-10-24(31)15-27(28)30(35)34(29)18-20-5-3-4-19(12-20)17-32/h3-16H,17-18,32H2,1-2H3. The van der Waals surface area contributed by atoms with Crippen LogP contribution >= 0.6 is 11.6 Å². The van der Waals surface area contributed by atoms with E-state index < -0.39 is 0 Å². The third-order valence-electron chi connectivity index (χ3n) is 6.31. The van der Waals surface area contributed by atoms with Crippen LogP contribution in [0.5, 0.6) is 11.5 Å². The molecule has 0 aliphatic heterocycles. The zero-order chi connectivity index (χ0) is 25.9. The highest BCUT2D eigenvalue weighted by Gasteiger charge is 2.15. The Labute approximate surface area is 219 Å². The molecule has 0 fully saturated rings. The van der Waals surface area contributed by atoms with Gasteiger partial charge in [0.05, 0.1) is 31.7 Å². The maximum absolute atomic E-state index is 13.7. The van der Waals surface area contributed by atoms with E-state index in [-0.39, 0.29) is 5.56 Å². The lowest BCUT2D eigenvalue weighted by Crippen LogP contribution is -2.24. The molecule has 0 amide bonds. The number of benzene rings is 4. The Morgan fingerprint density at radius 1 is 0.811 bits per heavy atom. The predicted octanol–water partition coefficient (Wildman–Crippen LogP) is 5.91. The molecule has 2 N–H and O–H groups in total. The van der Waals surface area contributed by atoms with Crippen LogP contribution in [0, 0.1) is 0 Å². The smallest absolute Gasteiger partial charge is 0.262 e. The fourth-order valence-electron chi connectivity index (χ4n) is 4.38. The van der Waals surface area contributed by atoms with Gasteiger partial charge in [-0.05, 0) is 52.6 Å². The summed E-state index contributed by atoms with van der Waals surface area (Å²) in [5, 5.41) is 0.972. The van der Waals surface area contributed by atoms with Gasteiger partial charge in [-0.3, -0.25) is 9.36 Å². The van der Waals surface area contributed by atoms with Crippen LogP contribution < -0.4 is 20.8 Å². The van der Waals surface area contributed by atoms with Crippen molar-refractivity contribution in [1.29, 1.82) is 0 Å². The quantitative estimate of drug-likeness (QED) is 0.294. The Kier molecular flexibility index (Phi) is 6.95. The lowest BCUT2D eigenvalue weighted by Gasteiger charge is -2.15. The monoisotopic (exact) mass is 511 g/mol. The highest BCUT2D eigenvalue weighted by Crippen LogP contribution is 2.31. The fraction of sp³-hybridized carbons (Fsp3) is 0.133. The van der Waals surface area contributed by atoms with Crippen molar-refractivity contribution in [3.63, 3.8) is 0 Å². The molecule has 0 radical (unpaired) electrons. The minimum atomic E-state index is -0.151. The summed E-state index contributed by atoms with van der Waals surface area (Å²) in [6.07, 6.45) is 0. The van der Waals surface area contributed by atoms with Gasteiger partial charge in [0, 0.05) is 23.2 Å². The highest BCUT2D eigenvalue weighted by atomic mass is 35.5. The topological polar surface area (TPSA) is 79.4 Å². The van der Waals surface area contributed by atoms with Crippen molar-refractivity contribution in [3.8, 4) is 34.0 Å². The molecule has 5 rings (SSSR count). The van der Waals surface area contributed by atoms with Crippen LogP contribution in [-0.4, -0.2) is 23.8 Å². The van der Waals surface area contributed by atoms with Gasteiger partial charge in [0.1, 0.15) is 17.3 Å². The second-order valence-electron chi connectivity index (χ2n) is 8.69. The Bertz CT molecular complexity index is 1620. The van der Waals surface area contributed by atoms with Gasteiger partial charge in [0.2, 0.25) is 0 Å². The Morgan fingerprint density at radius 3 is 2.16 bits per heavy atom. The van der Waals surface area contributed by atoms with Gasteiger partial charge in [0.15, 0.2) is 0 Å². The first-order valence-corrected chi connectivity index (χ1v) is 12.2. The van der Waals surface area contributed by atoms with Gasteiger partial charge in [-0.15, -0.1) is 0 Å². The molecule has 7 heteroatoms. The van der Waals surface area contributed by atoms with Gasteiger partial charge in [-0.25, -0.2) is 4.98 Å². The van der Waals surface area contributed by atoms with E-state index in [0.29, 0.717) is 46.3 Å². The summed E-state index contributed by atoms with van der Waals surface area (Å²) in [5.41, 5.74) is 11.0. The number of aromatic nitrogens is 2. The number of nitrogens with two attached hydrogens (primary N) is 1. The molecule has 37 heavy (non-hydrogen) atoms. The summed E-state index contributed by atoms with van der Waals surface area (Å²) >= 11 is 6.21. The number of fused-ring (bicyclic) bond motifs is 1. The summed E-state index contributed by atoms with van der Waals surface area (Å²) in [5.74, 6) is 2.00. The number of nitrogens with zero attached hydrogens (tertiary/aromatic N) is 2. The molecule has 1 aromatic heterocycles. The van der Waals surface area contributed by atoms with Crippen LogP contribution in [0.4, 0.5) is 0 Å². The third-order valence-corrected chi connectivity index (χ3v) is 6.55. The van der Waals surface area contributed by atoms with Crippen LogP contribution in [-0.2, 0) is 13.1 Å². The maximum atomic E-state index is 13.7. The molecule has 0 atom stereocenters. The van der Waals surface area contributed by atoms with Gasteiger partial charge >= 0.3 is 0 Å². The summed E-state index contributed by atoms with van der Waals surface area (Å²) in [6.45, 7) is 0.782. The van der Waals surface area contributed by atoms with E-state index in [9.17, 15) is 4.79 Å². The van der Waals surface area contributed by atoms with Crippen LogP contribution in [0.15, 0.2) is 89.7 Å². The SMILES string of the molecule is COc1cc(OC)cc(-c2ccc(-c3nc4ccc(Cl)cc4c(=O)n3Cc3cccc(CN)c3)cc2)c1. The Morgan fingerprint density at radius 2 is 1.49 bits per heavy atom. The van der Waals surface area contributed by atoms with Crippen molar-refractivity contribution in [2.75, 3.05) is 14.2 Å². The fourth-order valence-corrected chi connectivity index (χ4v) is 4.56. The summed E-state index contributed by atoms with van der Waals surface area (Å²) in [6, 6.07) is 26.8. The minimum Gasteiger partial charge on any atom is -0.497 e. The molecule has 0 saturated carbocycles. The van der Waals surface area contributed by atoms with Gasteiger partial charge in [-0.2, -0.15) is 0 Å². The van der Waals surface area contributed by atoms with Crippen LogP contribution in [0.2, 0.25) is 5.02 Å². The third kappa shape index (κ3) is 5.07. The van der Waals surface area contributed by atoms with Gasteiger partial charge in [0.25, 0.3) is 5.56 Å². The zero-order valence-corrected chi connectivity index (χ0v) is 21.3. The summed E-state index contributed by atoms with van der Waals surface area (Å²) in [4.78, 5) is 18.6. The predicted molar refractivity (Wildman–Crippen MR) is 148 cm³/mol. The molecule has 4 aromatic carbocycles. The zero-order valence-electron chi connectivity index (χ0n) is 20.6. The van der Waals surface area contributed by atoms with E-state index in [2.05, 4.69) is 0 Å². The van der Waals surface area contributed by atoms with E-state index >= 15 is 0 Å². The first-order valence-electron chi connectivity index (χ1n) is 11.8. The van der Waals surface area contributed by atoms with Crippen molar-refractivity contribution >= 4 is 22.5 Å². The molecule has 5 aromatic rings. The first-order chi connectivity index (χ1) is 18.0. The van der Waals surface area contributed by atoms with E-state index in [4.69, 9.17) is 31.8 Å². The largest absolute Gasteiger partial charge is 0.497 e. The number of rotatable bonds is 7. The molecule has 0 unspecified atom stereocenters. The lowest BCUT2D eigenvalue weighted by molar-refractivity contribution is 0.394. The van der Waals surface area contributed by atoms with E-state index in [1.54, 1.807) is 37.0 Å². The molecule has 1 heterocycles. The molecular formula is C30H26ClN3O3. The average Bonchev–Trinajstić information content (AvgIpc) is 2.94. The number of ether oxygens (including phenoxy) is 2.